The fourth-order valence-electron chi connectivity index (χ4n) is 0.872. The molecule has 0 bridgehead atoms. The lowest BCUT2D eigenvalue weighted by molar-refractivity contribution is -0.138. The molecule has 0 saturated carbocycles. The summed E-state index contributed by atoms with van der Waals surface area (Å²) >= 11 is 0. The second kappa shape index (κ2) is 5.66. The Bertz CT molecular complexity index is 286. The molecule has 0 aromatic carbocycles. The fraction of sp³-hybridized carbons (Fsp3) is 0.889. The molecule has 0 aliphatic rings. The minimum Gasteiger partial charge on any atom is -0.432 e. The summed E-state index contributed by atoms with van der Waals surface area (Å²) < 4.78 is 30.8. The Kier molecular flexibility index (Phi) is 5.46. The SMILES string of the molecule is COP(C)(=O)OC(C)(C)OC(=O)OC(C)C. The van der Waals surface area contributed by atoms with Crippen LogP contribution in [0.25, 0.3) is 0 Å². The van der Waals surface area contributed by atoms with Gasteiger partial charge in [0.25, 0.3) is 0 Å². The first kappa shape index (κ1) is 15.4. The largest absolute Gasteiger partial charge is 0.511 e. The van der Waals surface area contributed by atoms with E-state index in [2.05, 4.69) is 4.52 Å². The first-order chi connectivity index (χ1) is 7.08. The summed E-state index contributed by atoms with van der Waals surface area (Å²) in [5.74, 6) is -1.37. The average molecular weight is 254 g/mol. The minimum atomic E-state index is -3.22. The molecule has 0 aliphatic carbocycles. The lowest BCUT2D eigenvalue weighted by atomic mass is 10.4. The zero-order valence-corrected chi connectivity index (χ0v) is 11.4. The van der Waals surface area contributed by atoms with Gasteiger partial charge in [0.2, 0.25) is 5.79 Å². The molecule has 0 heterocycles. The lowest BCUT2D eigenvalue weighted by Crippen LogP contribution is -2.31. The number of carbonyl (C=O) groups is 1. The molecule has 0 fully saturated rings. The smallest absolute Gasteiger partial charge is 0.432 e. The predicted octanol–water partition coefficient (Wildman–Crippen LogP) is 2.77. The van der Waals surface area contributed by atoms with Crippen LogP contribution in [-0.4, -0.2) is 31.8 Å². The molecule has 1 atom stereocenters. The molecule has 16 heavy (non-hydrogen) atoms. The molecule has 0 aromatic heterocycles. The van der Waals surface area contributed by atoms with Crippen LogP contribution in [0.4, 0.5) is 4.79 Å². The second-order valence-electron chi connectivity index (χ2n) is 3.96. The van der Waals surface area contributed by atoms with Crippen molar-refractivity contribution in [1.82, 2.24) is 0 Å². The summed E-state index contributed by atoms with van der Waals surface area (Å²) in [6, 6.07) is 0. The van der Waals surface area contributed by atoms with Gasteiger partial charge in [0, 0.05) is 27.6 Å². The maximum absolute atomic E-state index is 11.5. The number of hydrogen-bond donors (Lipinski definition) is 0. The van der Waals surface area contributed by atoms with Gasteiger partial charge in [0.15, 0.2) is 0 Å². The second-order valence-corrected chi connectivity index (χ2v) is 6.05. The van der Waals surface area contributed by atoms with Crippen LogP contribution in [0.3, 0.4) is 0 Å². The summed E-state index contributed by atoms with van der Waals surface area (Å²) in [6.07, 6.45) is -1.17. The molecular weight excluding hydrogens is 235 g/mol. The third-order valence-electron chi connectivity index (χ3n) is 1.38. The standard InChI is InChI=1S/C9H19O6P/c1-7(2)13-8(10)14-9(3,4)15-16(6,11)12-5/h7H,1-6H3. The quantitative estimate of drug-likeness (QED) is 0.427. The Labute approximate surface area is 95.7 Å². The Hall–Kier alpha value is -0.580. The van der Waals surface area contributed by atoms with Crippen molar-refractivity contribution >= 4 is 13.8 Å². The van der Waals surface area contributed by atoms with Crippen LogP contribution in [0.15, 0.2) is 0 Å². The molecule has 0 amide bonds. The first-order valence-electron chi connectivity index (χ1n) is 4.81. The zero-order valence-electron chi connectivity index (χ0n) is 10.5. The van der Waals surface area contributed by atoms with Crippen LogP contribution in [0.5, 0.6) is 0 Å². The van der Waals surface area contributed by atoms with Crippen LogP contribution < -0.4 is 0 Å². The van der Waals surface area contributed by atoms with E-state index in [0.717, 1.165) is 0 Å². The maximum Gasteiger partial charge on any atom is 0.511 e. The first-order valence-corrected chi connectivity index (χ1v) is 6.80. The number of carbonyl (C=O) groups excluding carboxylic acids is 1. The van der Waals surface area contributed by atoms with Crippen LogP contribution in [0.1, 0.15) is 27.7 Å². The van der Waals surface area contributed by atoms with Gasteiger partial charge in [0.1, 0.15) is 0 Å². The monoisotopic (exact) mass is 254 g/mol. The Morgan fingerprint density at radius 1 is 1.31 bits per heavy atom. The predicted molar refractivity (Wildman–Crippen MR) is 58.4 cm³/mol. The van der Waals surface area contributed by atoms with Crippen molar-refractivity contribution in [3.63, 3.8) is 0 Å². The molecular formula is C9H19O6P. The number of hydrogen-bond acceptors (Lipinski definition) is 6. The van der Waals surface area contributed by atoms with Crippen molar-refractivity contribution in [2.75, 3.05) is 13.8 Å². The maximum atomic E-state index is 11.5. The van der Waals surface area contributed by atoms with E-state index in [1.54, 1.807) is 13.8 Å². The van der Waals surface area contributed by atoms with Crippen LogP contribution in [-0.2, 0) is 23.1 Å². The minimum absolute atomic E-state index is 0.292. The van der Waals surface area contributed by atoms with Gasteiger partial charge >= 0.3 is 13.8 Å². The molecule has 1 unspecified atom stereocenters. The molecule has 0 spiro atoms. The highest BCUT2D eigenvalue weighted by atomic mass is 31.2. The molecule has 0 rings (SSSR count). The lowest BCUT2D eigenvalue weighted by Gasteiger charge is -2.27. The molecule has 0 N–H and O–H groups in total. The van der Waals surface area contributed by atoms with Gasteiger partial charge < -0.3 is 14.0 Å². The third-order valence-corrected chi connectivity index (χ3v) is 2.81. The van der Waals surface area contributed by atoms with Crippen LogP contribution in [0.2, 0.25) is 0 Å². The molecule has 0 aromatic rings. The average Bonchev–Trinajstić information content (AvgIpc) is 1.98. The van der Waals surface area contributed by atoms with Crippen molar-refractivity contribution in [2.24, 2.45) is 0 Å². The highest BCUT2D eigenvalue weighted by molar-refractivity contribution is 7.52. The van der Waals surface area contributed by atoms with Crippen molar-refractivity contribution in [2.45, 2.75) is 39.6 Å². The van der Waals surface area contributed by atoms with Gasteiger partial charge in [-0.2, -0.15) is 0 Å². The van der Waals surface area contributed by atoms with Gasteiger partial charge in [-0.1, -0.05) is 0 Å². The Morgan fingerprint density at radius 3 is 2.19 bits per heavy atom. The molecule has 7 heteroatoms. The van der Waals surface area contributed by atoms with Gasteiger partial charge in [-0.15, -0.1) is 0 Å². The van der Waals surface area contributed by atoms with E-state index in [1.165, 1.54) is 27.6 Å². The van der Waals surface area contributed by atoms with Crippen molar-refractivity contribution in [1.29, 1.82) is 0 Å². The third kappa shape index (κ3) is 6.82. The van der Waals surface area contributed by atoms with E-state index in [9.17, 15) is 9.36 Å². The molecule has 96 valence electrons. The summed E-state index contributed by atoms with van der Waals surface area (Å²) in [4.78, 5) is 11.2. The number of rotatable bonds is 5. The highest BCUT2D eigenvalue weighted by Gasteiger charge is 2.32. The van der Waals surface area contributed by atoms with E-state index in [1.807, 2.05) is 0 Å². The Balaban J connectivity index is 4.35. The van der Waals surface area contributed by atoms with E-state index >= 15 is 0 Å². The summed E-state index contributed by atoms with van der Waals surface area (Å²) in [6.45, 7) is 7.56. The van der Waals surface area contributed by atoms with E-state index in [0.29, 0.717) is 0 Å². The highest BCUT2D eigenvalue weighted by Crippen LogP contribution is 2.47. The Morgan fingerprint density at radius 2 is 1.81 bits per heavy atom. The van der Waals surface area contributed by atoms with Crippen molar-refractivity contribution < 1.29 is 27.9 Å². The van der Waals surface area contributed by atoms with E-state index in [-0.39, 0.29) is 6.10 Å². The van der Waals surface area contributed by atoms with E-state index < -0.39 is 19.5 Å². The molecule has 0 saturated heterocycles. The summed E-state index contributed by atoms with van der Waals surface area (Å²) in [7, 11) is -1.96. The van der Waals surface area contributed by atoms with Crippen LogP contribution >= 0.6 is 7.60 Å². The van der Waals surface area contributed by atoms with Gasteiger partial charge in [-0.25, -0.2) is 4.79 Å². The molecule has 0 radical (unpaired) electrons. The van der Waals surface area contributed by atoms with E-state index in [4.69, 9.17) is 14.0 Å². The summed E-state index contributed by atoms with van der Waals surface area (Å²) in [5, 5.41) is 0. The molecule has 6 nitrogen and oxygen atoms in total. The number of ether oxygens (including phenoxy) is 2. The van der Waals surface area contributed by atoms with Crippen molar-refractivity contribution in [3.8, 4) is 0 Å². The normalized spacial score (nSPS) is 15.7. The summed E-state index contributed by atoms with van der Waals surface area (Å²) in [5.41, 5.74) is 0. The fourth-order valence-corrected chi connectivity index (χ4v) is 1.78. The molecule has 0 aliphatic heterocycles. The topological polar surface area (TPSA) is 71.1 Å². The van der Waals surface area contributed by atoms with Gasteiger partial charge in [0.05, 0.1) is 6.10 Å². The van der Waals surface area contributed by atoms with Crippen LogP contribution in [0, 0.1) is 0 Å². The van der Waals surface area contributed by atoms with Gasteiger partial charge in [-0.05, 0) is 13.8 Å². The van der Waals surface area contributed by atoms with Gasteiger partial charge in [-0.3, -0.25) is 9.09 Å². The zero-order chi connectivity index (χ0) is 13.0. The van der Waals surface area contributed by atoms with Crippen molar-refractivity contribution in [3.05, 3.63) is 0 Å².